The molecule has 128 valence electrons. The van der Waals surface area contributed by atoms with Crippen molar-refractivity contribution < 1.29 is 13.6 Å². The summed E-state index contributed by atoms with van der Waals surface area (Å²) in [6, 6.07) is 12.0. The summed E-state index contributed by atoms with van der Waals surface area (Å²) in [6.07, 6.45) is 0. The van der Waals surface area contributed by atoms with Crippen LogP contribution in [-0.2, 0) is 7.05 Å². The van der Waals surface area contributed by atoms with Gasteiger partial charge in [0.15, 0.2) is 11.6 Å². The number of anilines is 1. The number of hydrogen-bond donors (Lipinski definition) is 0. The second-order valence-corrected chi connectivity index (χ2v) is 5.94. The minimum absolute atomic E-state index is 0.248. The highest BCUT2D eigenvalue weighted by molar-refractivity contribution is 6.30. The third-order valence-electron chi connectivity index (χ3n) is 3.83. The lowest BCUT2D eigenvalue weighted by Crippen LogP contribution is -2.28. The highest BCUT2D eigenvalue weighted by Crippen LogP contribution is 2.23. The molecule has 3 rings (SSSR count). The van der Waals surface area contributed by atoms with Gasteiger partial charge in [0.25, 0.3) is 5.91 Å². The average Bonchev–Trinajstić information content (AvgIpc) is 2.98. The van der Waals surface area contributed by atoms with Gasteiger partial charge in [-0.3, -0.25) is 9.48 Å². The monoisotopic (exact) mass is 361 g/mol. The first kappa shape index (κ1) is 17.1. The fraction of sp³-hybridized carbons (Fsp3) is 0.111. The molecule has 3 aromatic rings. The lowest BCUT2D eigenvalue weighted by Gasteiger charge is -2.17. The summed E-state index contributed by atoms with van der Waals surface area (Å²) < 4.78 is 27.9. The fourth-order valence-electron chi connectivity index (χ4n) is 2.41. The number of aryl methyl sites for hydroxylation is 1. The van der Waals surface area contributed by atoms with Crippen LogP contribution in [0.5, 0.6) is 0 Å². The number of carbonyl (C=O) groups excluding carboxylic acids is 1. The minimum atomic E-state index is -1.01. The number of halogens is 3. The van der Waals surface area contributed by atoms with Crippen molar-refractivity contribution in [2.24, 2.45) is 7.05 Å². The second kappa shape index (κ2) is 6.64. The molecular formula is C18H14ClF2N3O. The quantitative estimate of drug-likeness (QED) is 0.697. The molecule has 0 aliphatic rings. The van der Waals surface area contributed by atoms with E-state index in [2.05, 4.69) is 5.10 Å². The summed E-state index contributed by atoms with van der Waals surface area (Å²) >= 11 is 5.88. The van der Waals surface area contributed by atoms with Crippen LogP contribution < -0.4 is 4.90 Å². The van der Waals surface area contributed by atoms with Crippen LogP contribution in [0.15, 0.2) is 48.5 Å². The van der Waals surface area contributed by atoms with Crippen LogP contribution in [-0.4, -0.2) is 22.7 Å². The molecule has 1 aromatic heterocycles. The third kappa shape index (κ3) is 3.39. The van der Waals surface area contributed by atoms with Crippen molar-refractivity contribution in [3.05, 3.63) is 70.9 Å². The predicted octanol–water partition coefficient (Wildman–Crippen LogP) is 4.30. The Morgan fingerprint density at radius 2 is 1.76 bits per heavy atom. The summed E-state index contributed by atoms with van der Waals surface area (Å²) in [7, 11) is 3.13. The Labute approximate surface area is 148 Å². The summed E-state index contributed by atoms with van der Waals surface area (Å²) in [6.45, 7) is 0. The Balaban J connectivity index is 1.91. The van der Waals surface area contributed by atoms with Crippen molar-refractivity contribution in [1.82, 2.24) is 9.78 Å². The largest absolute Gasteiger partial charge is 0.310 e. The van der Waals surface area contributed by atoms with E-state index in [0.717, 1.165) is 17.7 Å². The van der Waals surface area contributed by atoms with Crippen molar-refractivity contribution in [2.75, 3.05) is 11.9 Å². The zero-order valence-corrected chi connectivity index (χ0v) is 14.3. The van der Waals surface area contributed by atoms with Crippen molar-refractivity contribution in [3.63, 3.8) is 0 Å². The van der Waals surface area contributed by atoms with E-state index < -0.39 is 11.6 Å². The molecule has 0 spiro atoms. The van der Waals surface area contributed by atoms with Crippen LogP contribution in [0.3, 0.4) is 0 Å². The number of benzene rings is 2. The molecule has 4 nitrogen and oxygen atoms in total. The lowest BCUT2D eigenvalue weighted by atomic mass is 10.1. The molecule has 0 fully saturated rings. The number of aromatic nitrogens is 2. The zero-order chi connectivity index (χ0) is 18.1. The topological polar surface area (TPSA) is 38.1 Å². The van der Waals surface area contributed by atoms with Crippen LogP contribution in [0.25, 0.3) is 11.3 Å². The van der Waals surface area contributed by atoms with Crippen molar-refractivity contribution in [3.8, 4) is 11.3 Å². The van der Waals surface area contributed by atoms with E-state index in [0.29, 0.717) is 16.4 Å². The van der Waals surface area contributed by atoms with Gasteiger partial charge in [-0.25, -0.2) is 8.78 Å². The number of nitrogens with zero attached hydrogens (tertiary/aromatic N) is 3. The molecule has 1 amide bonds. The maximum absolute atomic E-state index is 13.4. The highest BCUT2D eigenvalue weighted by Gasteiger charge is 2.20. The summed E-state index contributed by atoms with van der Waals surface area (Å²) in [4.78, 5) is 13.9. The van der Waals surface area contributed by atoms with E-state index in [1.54, 1.807) is 37.4 Å². The second-order valence-electron chi connectivity index (χ2n) is 5.51. The maximum atomic E-state index is 13.4. The highest BCUT2D eigenvalue weighted by atomic mass is 35.5. The first-order valence-electron chi connectivity index (χ1n) is 7.40. The normalized spacial score (nSPS) is 10.8. The van der Waals surface area contributed by atoms with Gasteiger partial charge >= 0.3 is 0 Å². The van der Waals surface area contributed by atoms with Gasteiger partial charge in [0.1, 0.15) is 5.69 Å². The fourth-order valence-corrected chi connectivity index (χ4v) is 2.54. The number of carbonyl (C=O) groups is 1. The maximum Gasteiger partial charge on any atom is 0.276 e. The molecule has 7 heteroatoms. The zero-order valence-electron chi connectivity index (χ0n) is 13.5. The Kier molecular flexibility index (Phi) is 4.55. The molecule has 0 radical (unpaired) electrons. The third-order valence-corrected chi connectivity index (χ3v) is 4.09. The van der Waals surface area contributed by atoms with Gasteiger partial charge in [-0.15, -0.1) is 0 Å². The first-order valence-corrected chi connectivity index (χ1v) is 7.77. The van der Waals surface area contributed by atoms with Gasteiger partial charge < -0.3 is 4.90 Å². The Morgan fingerprint density at radius 1 is 1.08 bits per heavy atom. The number of hydrogen-bond acceptors (Lipinski definition) is 2. The molecule has 25 heavy (non-hydrogen) atoms. The van der Waals surface area contributed by atoms with Gasteiger partial charge in [-0.05, 0) is 30.3 Å². The van der Waals surface area contributed by atoms with Crippen LogP contribution in [0.4, 0.5) is 14.5 Å². The first-order chi connectivity index (χ1) is 11.9. The van der Waals surface area contributed by atoms with Gasteiger partial charge in [0.2, 0.25) is 0 Å². The van der Waals surface area contributed by atoms with Gasteiger partial charge in [0.05, 0.1) is 5.69 Å². The predicted molar refractivity (Wildman–Crippen MR) is 92.7 cm³/mol. The van der Waals surface area contributed by atoms with Crippen molar-refractivity contribution in [1.29, 1.82) is 0 Å². The van der Waals surface area contributed by atoms with Gasteiger partial charge in [-0.1, -0.05) is 23.7 Å². The number of rotatable bonds is 3. The van der Waals surface area contributed by atoms with Crippen LogP contribution in [0.1, 0.15) is 10.5 Å². The Morgan fingerprint density at radius 3 is 2.40 bits per heavy atom. The van der Waals surface area contributed by atoms with E-state index in [1.165, 1.54) is 22.7 Å². The van der Waals surface area contributed by atoms with Gasteiger partial charge in [0, 0.05) is 36.4 Å². The summed E-state index contributed by atoms with van der Waals surface area (Å²) in [5, 5.41) is 4.94. The lowest BCUT2D eigenvalue weighted by molar-refractivity contribution is 0.0984. The molecule has 0 atom stereocenters. The Bertz CT molecular complexity index is 938. The van der Waals surface area contributed by atoms with Crippen LogP contribution >= 0.6 is 11.6 Å². The van der Waals surface area contributed by atoms with Crippen LogP contribution in [0, 0.1) is 11.6 Å². The standard InChI is InChI=1S/C18H14ClF2N3O/c1-23(13-7-8-14(20)15(21)9-13)18(25)17-10-16(22-24(17)2)11-3-5-12(19)6-4-11/h3-10H,1-2H3. The molecule has 1 heterocycles. The van der Waals surface area contributed by atoms with E-state index in [-0.39, 0.29) is 11.6 Å². The van der Waals surface area contributed by atoms with E-state index in [1.807, 2.05) is 0 Å². The van der Waals surface area contributed by atoms with E-state index in [4.69, 9.17) is 11.6 Å². The molecule has 0 aliphatic heterocycles. The molecule has 0 bridgehead atoms. The van der Waals surface area contributed by atoms with Crippen molar-refractivity contribution in [2.45, 2.75) is 0 Å². The molecule has 0 unspecified atom stereocenters. The van der Waals surface area contributed by atoms with Gasteiger partial charge in [-0.2, -0.15) is 5.10 Å². The van der Waals surface area contributed by atoms with E-state index in [9.17, 15) is 13.6 Å². The smallest absolute Gasteiger partial charge is 0.276 e. The SMILES string of the molecule is CN(C(=O)c1cc(-c2ccc(Cl)cc2)nn1C)c1ccc(F)c(F)c1. The number of amides is 1. The minimum Gasteiger partial charge on any atom is -0.310 e. The average molecular weight is 362 g/mol. The molecule has 0 saturated carbocycles. The molecule has 0 saturated heterocycles. The molecule has 2 aromatic carbocycles. The molecule has 0 N–H and O–H groups in total. The molecule has 0 aliphatic carbocycles. The van der Waals surface area contributed by atoms with Crippen LogP contribution in [0.2, 0.25) is 5.02 Å². The molecular weight excluding hydrogens is 348 g/mol. The Hall–Kier alpha value is -2.73. The summed E-state index contributed by atoms with van der Waals surface area (Å²) in [5.41, 5.74) is 1.99. The van der Waals surface area contributed by atoms with Crippen molar-refractivity contribution >= 4 is 23.2 Å². The van der Waals surface area contributed by atoms with E-state index >= 15 is 0 Å². The summed E-state index contributed by atoms with van der Waals surface area (Å²) in [5.74, 6) is -2.36.